The summed E-state index contributed by atoms with van der Waals surface area (Å²) in [6, 6.07) is 4.04. The van der Waals surface area contributed by atoms with E-state index < -0.39 is 0 Å². The second-order valence-electron chi connectivity index (χ2n) is 5.17. The van der Waals surface area contributed by atoms with Crippen LogP contribution >= 0.6 is 0 Å². The van der Waals surface area contributed by atoms with Crippen molar-refractivity contribution in [2.45, 2.75) is 37.8 Å². The van der Waals surface area contributed by atoms with Gasteiger partial charge in [0.25, 0.3) is 0 Å². The quantitative estimate of drug-likeness (QED) is 0.889. The molecule has 0 bridgehead atoms. The highest BCUT2D eigenvalue weighted by Crippen LogP contribution is 2.56. The maximum absolute atomic E-state index is 6.18. The van der Waals surface area contributed by atoms with E-state index in [-0.39, 0.29) is 11.5 Å². The van der Waals surface area contributed by atoms with E-state index in [9.17, 15) is 0 Å². The van der Waals surface area contributed by atoms with Gasteiger partial charge in [0.2, 0.25) is 0 Å². The smallest absolute Gasteiger partial charge is 0.189 e. The van der Waals surface area contributed by atoms with Crippen LogP contribution in [0, 0.1) is 0 Å². The highest BCUT2D eigenvalue weighted by atomic mass is 16.7. The van der Waals surface area contributed by atoms with Gasteiger partial charge in [-0.15, -0.1) is 0 Å². The van der Waals surface area contributed by atoms with Crippen LogP contribution < -0.4 is 15.2 Å². The third-order valence-corrected chi connectivity index (χ3v) is 4.15. The molecule has 4 nitrogen and oxygen atoms in total. The van der Waals surface area contributed by atoms with Gasteiger partial charge in [-0.3, -0.25) is 0 Å². The minimum Gasteiger partial charge on any atom is -0.496 e. The Morgan fingerprint density at radius 3 is 2.78 bits per heavy atom. The van der Waals surface area contributed by atoms with Crippen molar-refractivity contribution in [3.05, 3.63) is 23.3 Å². The predicted molar refractivity (Wildman–Crippen MR) is 67.8 cm³/mol. The van der Waals surface area contributed by atoms with Gasteiger partial charge in [-0.1, -0.05) is 0 Å². The van der Waals surface area contributed by atoms with E-state index in [2.05, 4.69) is 6.92 Å². The van der Waals surface area contributed by atoms with E-state index in [1.807, 2.05) is 12.1 Å². The summed E-state index contributed by atoms with van der Waals surface area (Å²) in [6.07, 6.45) is 2.22. The van der Waals surface area contributed by atoms with Gasteiger partial charge in [-0.2, -0.15) is 0 Å². The summed E-state index contributed by atoms with van der Waals surface area (Å²) in [7, 11) is 1.70. The number of benzene rings is 1. The lowest BCUT2D eigenvalue weighted by Gasteiger charge is -2.29. The molecule has 98 valence electrons. The van der Waals surface area contributed by atoms with E-state index in [4.69, 9.17) is 19.9 Å². The highest BCUT2D eigenvalue weighted by Gasteiger charge is 2.51. The number of fused-ring (bicyclic) bond motifs is 1. The van der Waals surface area contributed by atoms with Gasteiger partial charge in [-0.25, -0.2) is 0 Å². The molecule has 4 heteroatoms. The van der Waals surface area contributed by atoms with Crippen molar-refractivity contribution in [2.24, 2.45) is 5.73 Å². The summed E-state index contributed by atoms with van der Waals surface area (Å²) >= 11 is 0. The lowest BCUT2D eigenvalue weighted by molar-refractivity contribution is -0.0173. The topological polar surface area (TPSA) is 53.7 Å². The first kappa shape index (κ1) is 11.8. The van der Waals surface area contributed by atoms with Crippen molar-refractivity contribution in [1.29, 1.82) is 0 Å². The van der Waals surface area contributed by atoms with Gasteiger partial charge in [0.1, 0.15) is 11.5 Å². The Hall–Kier alpha value is -1.26. The molecule has 18 heavy (non-hydrogen) atoms. The molecule has 1 aromatic rings. The molecule has 0 amide bonds. The van der Waals surface area contributed by atoms with E-state index >= 15 is 0 Å². The van der Waals surface area contributed by atoms with Crippen LogP contribution in [0.25, 0.3) is 0 Å². The molecule has 0 saturated heterocycles. The predicted octanol–water partition coefficient (Wildman–Crippen LogP) is 1.94. The van der Waals surface area contributed by atoms with Gasteiger partial charge in [0, 0.05) is 22.6 Å². The van der Waals surface area contributed by atoms with Crippen molar-refractivity contribution >= 4 is 0 Å². The van der Waals surface area contributed by atoms with Crippen molar-refractivity contribution in [2.75, 3.05) is 13.9 Å². The maximum atomic E-state index is 6.18. The van der Waals surface area contributed by atoms with E-state index in [1.165, 1.54) is 5.56 Å². The third kappa shape index (κ3) is 1.60. The van der Waals surface area contributed by atoms with Crippen LogP contribution in [0.5, 0.6) is 11.5 Å². The van der Waals surface area contributed by atoms with E-state index in [1.54, 1.807) is 7.11 Å². The summed E-state index contributed by atoms with van der Waals surface area (Å²) in [6.45, 7) is 2.97. The average molecular weight is 249 g/mol. The zero-order valence-electron chi connectivity index (χ0n) is 10.9. The second-order valence-corrected chi connectivity index (χ2v) is 5.17. The first-order chi connectivity index (χ1) is 8.69. The summed E-state index contributed by atoms with van der Waals surface area (Å²) in [5.41, 5.74) is 8.53. The Labute approximate surface area is 107 Å². The van der Waals surface area contributed by atoms with Crippen LogP contribution in [0.1, 0.15) is 30.9 Å². The molecule has 1 fully saturated rings. The minimum absolute atomic E-state index is 0.0424. The lowest BCUT2D eigenvalue weighted by Crippen LogP contribution is -2.33. The molecule has 1 unspecified atom stereocenters. The van der Waals surface area contributed by atoms with Gasteiger partial charge in [-0.05, 0) is 31.9 Å². The number of ether oxygens (including phenoxy) is 3. The highest BCUT2D eigenvalue weighted by molar-refractivity contribution is 5.55. The SMILES string of the molecule is COc1ccc2c(c1C1(C(C)N)CC1)COCO2. The Balaban J connectivity index is 2.16. The minimum atomic E-state index is 0.0424. The van der Waals surface area contributed by atoms with Gasteiger partial charge < -0.3 is 19.9 Å². The molecule has 1 aromatic carbocycles. The maximum Gasteiger partial charge on any atom is 0.189 e. The first-order valence-electron chi connectivity index (χ1n) is 6.35. The molecule has 1 atom stereocenters. The van der Waals surface area contributed by atoms with Crippen molar-refractivity contribution in [1.82, 2.24) is 0 Å². The lowest BCUT2D eigenvalue weighted by atomic mass is 9.85. The van der Waals surface area contributed by atoms with Crippen LogP contribution in [0.4, 0.5) is 0 Å². The molecule has 2 aliphatic rings. The Morgan fingerprint density at radius 1 is 1.39 bits per heavy atom. The Morgan fingerprint density at radius 2 is 2.17 bits per heavy atom. The molecule has 2 N–H and O–H groups in total. The molecule has 3 rings (SSSR count). The average Bonchev–Trinajstić information content (AvgIpc) is 3.18. The largest absolute Gasteiger partial charge is 0.496 e. The fourth-order valence-electron chi connectivity index (χ4n) is 2.92. The van der Waals surface area contributed by atoms with Gasteiger partial charge >= 0.3 is 0 Å². The second kappa shape index (κ2) is 4.14. The standard InChI is InChI=1S/C14H19NO3/c1-9(15)14(5-6-14)13-10-7-17-8-18-11(10)3-4-12(13)16-2/h3-4,9H,5-8,15H2,1-2H3. The number of hydrogen-bond donors (Lipinski definition) is 1. The molecular formula is C14H19NO3. The van der Waals surface area contributed by atoms with Crippen LogP contribution in [0.3, 0.4) is 0 Å². The summed E-state index contributed by atoms with van der Waals surface area (Å²) in [5.74, 6) is 1.81. The number of rotatable bonds is 3. The fourth-order valence-corrected chi connectivity index (χ4v) is 2.92. The molecule has 0 aromatic heterocycles. The van der Waals surface area contributed by atoms with Gasteiger partial charge in [0.05, 0.1) is 13.7 Å². The summed E-state index contributed by atoms with van der Waals surface area (Å²) < 4.78 is 16.5. The first-order valence-corrected chi connectivity index (χ1v) is 6.35. The van der Waals surface area contributed by atoms with Crippen molar-refractivity contribution in [3.8, 4) is 11.5 Å². The number of nitrogens with two attached hydrogens (primary N) is 1. The molecule has 1 aliphatic carbocycles. The molecule has 0 radical (unpaired) electrons. The van der Waals surface area contributed by atoms with Crippen LogP contribution in [0.15, 0.2) is 12.1 Å². The zero-order chi connectivity index (χ0) is 12.8. The number of methoxy groups -OCH3 is 1. The monoisotopic (exact) mass is 249 g/mol. The normalized spacial score (nSPS) is 21.7. The molecule has 0 spiro atoms. The van der Waals surface area contributed by atoms with Crippen LogP contribution in [0.2, 0.25) is 0 Å². The summed E-state index contributed by atoms with van der Waals surface area (Å²) in [5, 5.41) is 0. The third-order valence-electron chi connectivity index (χ3n) is 4.15. The fraction of sp³-hybridized carbons (Fsp3) is 0.571. The van der Waals surface area contributed by atoms with E-state index in [0.29, 0.717) is 13.4 Å². The Kier molecular flexibility index (Phi) is 2.72. The molecule has 1 heterocycles. The van der Waals surface area contributed by atoms with Crippen molar-refractivity contribution in [3.63, 3.8) is 0 Å². The van der Waals surface area contributed by atoms with Gasteiger partial charge in [0.15, 0.2) is 6.79 Å². The van der Waals surface area contributed by atoms with Crippen LogP contribution in [-0.2, 0) is 16.8 Å². The van der Waals surface area contributed by atoms with Crippen molar-refractivity contribution < 1.29 is 14.2 Å². The van der Waals surface area contributed by atoms with Crippen LogP contribution in [-0.4, -0.2) is 19.9 Å². The zero-order valence-corrected chi connectivity index (χ0v) is 10.9. The van der Waals surface area contributed by atoms with E-state index in [0.717, 1.165) is 29.9 Å². The Bertz CT molecular complexity index is 466. The molecule has 1 aliphatic heterocycles. The molecule has 1 saturated carbocycles. The summed E-state index contributed by atoms with van der Waals surface area (Å²) in [4.78, 5) is 0. The molecular weight excluding hydrogens is 230 g/mol. The number of hydrogen-bond acceptors (Lipinski definition) is 4.